The molecule has 0 saturated carbocycles. The Hall–Kier alpha value is -0.560. The minimum Gasteiger partial charge on any atom is -0.393 e. The van der Waals surface area contributed by atoms with Crippen LogP contribution in [0, 0.1) is 0 Å². The van der Waals surface area contributed by atoms with Crippen LogP contribution in [0.5, 0.6) is 0 Å². The second kappa shape index (κ2) is 3.67. The van der Waals surface area contributed by atoms with E-state index in [1.54, 1.807) is 11.1 Å². The maximum atomic E-state index is 9.55. The zero-order valence-electron chi connectivity index (χ0n) is 8.18. The molecule has 0 amide bonds. The fourth-order valence-corrected chi connectivity index (χ4v) is 2.41. The second-order valence-corrected chi connectivity index (χ2v) is 4.37. The molecule has 0 heterocycles. The first kappa shape index (κ1) is 9.01. The van der Waals surface area contributed by atoms with E-state index < -0.39 is 0 Å². The summed E-state index contributed by atoms with van der Waals surface area (Å²) < 4.78 is 0. The Bertz CT molecular complexity index is 250. The Morgan fingerprint density at radius 1 is 1.00 bits per heavy atom. The van der Waals surface area contributed by atoms with Crippen molar-refractivity contribution in [1.29, 1.82) is 0 Å². The SMILES string of the molecule is C=C1CCC2=C(CCC(O)CC2)C1. The van der Waals surface area contributed by atoms with Crippen LogP contribution in [0.4, 0.5) is 0 Å². The summed E-state index contributed by atoms with van der Waals surface area (Å²) >= 11 is 0. The fraction of sp³-hybridized carbons (Fsp3) is 0.667. The number of hydrogen-bond acceptors (Lipinski definition) is 1. The predicted octanol–water partition coefficient (Wildman–Crippen LogP) is 2.96. The van der Waals surface area contributed by atoms with Gasteiger partial charge in [0.25, 0.3) is 0 Å². The molecule has 0 bridgehead atoms. The van der Waals surface area contributed by atoms with E-state index in [9.17, 15) is 5.11 Å². The van der Waals surface area contributed by atoms with Crippen molar-refractivity contribution in [1.82, 2.24) is 0 Å². The molecule has 0 saturated heterocycles. The standard InChI is InChI=1S/C12H18O/c1-9-2-3-10-4-6-12(13)7-5-11(10)8-9/h12-13H,1-8H2. The summed E-state index contributed by atoms with van der Waals surface area (Å²) in [6, 6.07) is 0. The van der Waals surface area contributed by atoms with E-state index in [2.05, 4.69) is 6.58 Å². The molecule has 2 aliphatic rings. The topological polar surface area (TPSA) is 20.2 Å². The number of allylic oxidation sites excluding steroid dienone is 3. The summed E-state index contributed by atoms with van der Waals surface area (Å²) in [5.41, 5.74) is 4.60. The Labute approximate surface area is 80.2 Å². The van der Waals surface area contributed by atoms with E-state index >= 15 is 0 Å². The molecule has 0 spiro atoms. The van der Waals surface area contributed by atoms with Crippen LogP contribution in [0.15, 0.2) is 23.3 Å². The van der Waals surface area contributed by atoms with Gasteiger partial charge in [-0.25, -0.2) is 0 Å². The first-order valence-electron chi connectivity index (χ1n) is 5.30. The molecule has 1 N–H and O–H groups in total. The lowest BCUT2D eigenvalue weighted by molar-refractivity contribution is 0.158. The lowest BCUT2D eigenvalue weighted by Crippen LogP contribution is -2.03. The van der Waals surface area contributed by atoms with Gasteiger partial charge in [-0.2, -0.15) is 0 Å². The molecular formula is C12H18O. The Balaban J connectivity index is 2.12. The minimum absolute atomic E-state index is 0.0566. The van der Waals surface area contributed by atoms with Crippen molar-refractivity contribution in [3.05, 3.63) is 23.3 Å². The zero-order valence-corrected chi connectivity index (χ0v) is 8.18. The molecule has 0 aliphatic heterocycles. The van der Waals surface area contributed by atoms with Gasteiger partial charge in [0.1, 0.15) is 0 Å². The van der Waals surface area contributed by atoms with Gasteiger partial charge < -0.3 is 5.11 Å². The molecule has 0 aromatic carbocycles. The average Bonchev–Trinajstić information content (AvgIpc) is 2.29. The minimum atomic E-state index is -0.0566. The highest BCUT2D eigenvalue weighted by Gasteiger charge is 2.19. The third kappa shape index (κ3) is 2.02. The van der Waals surface area contributed by atoms with Gasteiger partial charge in [-0.05, 0) is 44.9 Å². The number of aliphatic hydroxyl groups excluding tert-OH is 1. The van der Waals surface area contributed by atoms with Crippen molar-refractivity contribution in [3.63, 3.8) is 0 Å². The smallest absolute Gasteiger partial charge is 0.0546 e. The summed E-state index contributed by atoms with van der Waals surface area (Å²) in [7, 11) is 0. The molecule has 2 aliphatic carbocycles. The zero-order chi connectivity index (χ0) is 9.26. The Morgan fingerprint density at radius 2 is 1.69 bits per heavy atom. The number of rotatable bonds is 0. The first-order chi connectivity index (χ1) is 6.25. The normalized spacial score (nSPS) is 29.9. The fourth-order valence-electron chi connectivity index (χ4n) is 2.41. The van der Waals surface area contributed by atoms with Gasteiger partial charge in [0, 0.05) is 0 Å². The van der Waals surface area contributed by atoms with E-state index in [0.717, 1.165) is 32.1 Å². The van der Waals surface area contributed by atoms with Gasteiger partial charge in [0.05, 0.1) is 6.10 Å². The predicted molar refractivity (Wildman–Crippen MR) is 54.5 cm³/mol. The number of aliphatic hydroxyl groups is 1. The van der Waals surface area contributed by atoms with Crippen LogP contribution >= 0.6 is 0 Å². The molecule has 1 unspecified atom stereocenters. The number of hydrogen-bond donors (Lipinski definition) is 1. The summed E-state index contributed by atoms with van der Waals surface area (Å²) in [5.74, 6) is 0. The molecule has 1 atom stereocenters. The molecule has 0 aromatic heterocycles. The Kier molecular flexibility index (Phi) is 2.54. The maximum absolute atomic E-state index is 9.55. The van der Waals surface area contributed by atoms with Crippen molar-refractivity contribution in [2.24, 2.45) is 0 Å². The van der Waals surface area contributed by atoms with Crippen LogP contribution in [0.1, 0.15) is 44.9 Å². The largest absolute Gasteiger partial charge is 0.393 e. The van der Waals surface area contributed by atoms with Crippen molar-refractivity contribution in [2.45, 2.75) is 51.0 Å². The lowest BCUT2D eigenvalue weighted by Gasteiger charge is -2.20. The average molecular weight is 178 g/mol. The van der Waals surface area contributed by atoms with Crippen molar-refractivity contribution < 1.29 is 5.11 Å². The van der Waals surface area contributed by atoms with Gasteiger partial charge in [0.2, 0.25) is 0 Å². The van der Waals surface area contributed by atoms with E-state index in [4.69, 9.17) is 0 Å². The Morgan fingerprint density at radius 3 is 2.46 bits per heavy atom. The van der Waals surface area contributed by atoms with E-state index in [-0.39, 0.29) is 6.10 Å². The van der Waals surface area contributed by atoms with E-state index in [1.807, 2.05) is 0 Å². The van der Waals surface area contributed by atoms with Gasteiger partial charge in [-0.3, -0.25) is 0 Å². The quantitative estimate of drug-likeness (QED) is 0.565. The molecule has 1 heteroatoms. The summed E-state index contributed by atoms with van der Waals surface area (Å²) in [6.07, 6.45) is 7.62. The molecule has 72 valence electrons. The van der Waals surface area contributed by atoms with Crippen LogP contribution in [-0.4, -0.2) is 11.2 Å². The molecule has 0 aromatic rings. The van der Waals surface area contributed by atoms with Crippen molar-refractivity contribution in [3.8, 4) is 0 Å². The van der Waals surface area contributed by atoms with Crippen molar-refractivity contribution in [2.75, 3.05) is 0 Å². The summed E-state index contributed by atoms with van der Waals surface area (Å²) in [6.45, 7) is 4.06. The molecule has 1 nitrogen and oxygen atoms in total. The van der Waals surface area contributed by atoms with Gasteiger partial charge in [-0.1, -0.05) is 23.3 Å². The maximum Gasteiger partial charge on any atom is 0.0546 e. The van der Waals surface area contributed by atoms with Crippen LogP contribution in [-0.2, 0) is 0 Å². The summed E-state index contributed by atoms with van der Waals surface area (Å²) in [5, 5.41) is 9.55. The monoisotopic (exact) mass is 178 g/mol. The van der Waals surface area contributed by atoms with Crippen LogP contribution in [0.3, 0.4) is 0 Å². The van der Waals surface area contributed by atoms with Crippen LogP contribution in [0.2, 0.25) is 0 Å². The van der Waals surface area contributed by atoms with E-state index in [0.29, 0.717) is 0 Å². The molecule has 0 radical (unpaired) electrons. The van der Waals surface area contributed by atoms with Crippen LogP contribution < -0.4 is 0 Å². The highest BCUT2D eigenvalue weighted by molar-refractivity contribution is 5.26. The van der Waals surface area contributed by atoms with Gasteiger partial charge in [-0.15, -0.1) is 0 Å². The lowest BCUT2D eigenvalue weighted by atomic mass is 9.86. The highest BCUT2D eigenvalue weighted by Crippen LogP contribution is 2.36. The van der Waals surface area contributed by atoms with Gasteiger partial charge >= 0.3 is 0 Å². The first-order valence-corrected chi connectivity index (χ1v) is 5.30. The van der Waals surface area contributed by atoms with Gasteiger partial charge in [0.15, 0.2) is 0 Å². The third-order valence-corrected chi connectivity index (χ3v) is 3.30. The second-order valence-electron chi connectivity index (χ2n) is 4.37. The van der Waals surface area contributed by atoms with Crippen molar-refractivity contribution >= 4 is 0 Å². The van der Waals surface area contributed by atoms with E-state index in [1.165, 1.54) is 18.4 Å². The molecule has 0 fully saturated rings. The molecule has 13 heavy (non-hydrogen) atoms. The van der Waals surface area contributed by atoms with Crippen LogP contribution in [0.25, 0.3) is 0 Å². The highest BCUT2D eigenvalue weighted by atomic mass is 16.3. The summed E-state index contributed by atoms with van der Waals surface area (Å²) in [4.78, 5) is 0. The third-order valence-electron chi connectivity index (χ3n) is 3.30. The molecule has 2 rings (SSSR count). The molecular weight excluding hydrogens is 160 g/mol.